The number of rotatable bonds is 3. The third-order valence-electron chi connectivity index (χ3n) is 2.88. The smallest absolute Gasteiger partial charge is 0.352 e. The van der Waals surface area contributed by atoms with E-state index in [4.69, 9.17) is 23.2 Å². The summed E-state index contributed by atoms with van der Waals surface area (Å²) in [6.45, 7) is 3.85. The first-order valence-corrected chi connectivity index (χ1v) is 6.58. The van der Waals surface area contributed by atoms with E-state index < -0.39 is 5.97 Å². The van der Waals surface area contributed by atoms with Crippen molar-refractivity contribution in [2.24, 2.45) is 0 Å². The third-order valence-corrected chi connectivity index (χ3v) is 3.70. The first-order valence-electron chi connectivity index (χ1n) is 5.82. The predicted molar refractivity (Wildman–Crippen MR) is 77.2 cm³/mol. The van der Waals surface area contributed by atoms with Crippen LogP contribution in [0.4, 0.5) is 0 Å². The maximum absolute atomic E-state index is 11.2. The van der Waals surface area contributed by atoms with Crippen LogP contribution in [0.25, 0.3) is 11.3 Å². The Morgan fingerprint density at radius 1 is 1.21 bits per heavy atom. The van der Waals surface area contributed by atoms with Gasteiger partial charge >= 0.3 is 5.97 Å². The highest BCUT2D eigenvalue weighted by atomic mass is 35.5. The molecule has 0 spiro atoms. The second kappa shape index (κ2) is 5.27. The van der Waals surface area contributed by atoms with Crippen molar-refractivity contribution in [3.8, 4) is 11.3 Å². The van der Waals surface area contributed by atoms with Crippen molar-refractivity contribution in [3.05, 3.63) is 46.1 Å². The zero-order valence-corrected chi connectivity index (χ0v) is 12.0. The number of carbonyl (C=O) groups is 1. The van der Waals surface area contributed by atoms with E-state index in [1.807, 2.05) is 19.9 Å². The van der Waals surface area contributed by atoms with Crippen molar-refractivity contribution >= 4 is 29.2 Å². The van der Waals surface area contributed by atoms with Gasteiger partial charge in [0.2, 0.25) is 0 Å². The van der Waals surface area contributed by atoms with E-state index in [1.54, 1.807) is 28.8 Å². The van der Waals surface area contributed by atoms with Crippen molar-refractivity contribution in [2.75, 3.05) is 0 Å². The fraction of sp³-hybridized carbons (Fsp3) is 0.214. The Morgan fingerprint density at radius 3 is 2.47 bits per heavy atom. The molecule has 0 aliphatic rings. The van der Waals surface area contributed by atoms with E-state index in [0.717, 1.165) is 11.3 Å². The third kappa shape index (κ3) is 2.48. The number of hydrogen-bond donors (Lipinski definition) is 1. The molecular formula is C14H13Cl2NO2. The van der Waals surface area contributed by atoms with Crippen LogP contribution >= 0.6 is 23.2 Å². The monoisotopic (exact) mass is 297 g/mol. The molecule has 1 N–H and O–H groups in total. The van der Waals surface area contributed by atoms with Gasteiger partial charge in [0.25, 0.3) is 0 Å². The molecule has 1 aromatic heterocycles. The van der Waals surface area contributed by atoms with Gasteiger partial charge in [-0.25, -0.2) is 4.79 Å². The van der Waals surface area contributed by atoms with Gasteiger partial charge in [-0.2, -0.15) is 0 Å². The van der Waals surface area contributed by atoms with Gasteiger partial charge in [0.05, 0.1) is 15.7 Å². The minimum absolute atomic E-state index is 0.00569. The topological polar surface area (TPSA) is 42.2 Å². The molecular weight excluding hydrogens is 285 g/mol. The molecule has 0 aliphatic carbocycles. The van der Waals surface area contributed by atoms with Gasteiger partial charge in [-0.05, 0) is 32.0 Å². The summed E-state index contributed by atoms with van der Waals surface area (Å²) in [4.78, 5) is 11.2. The Morgan fingerprint density at radius 2 is 1.89 bits per heavy atom. The predicted octanol–water partition coefficient (Wildman–Crippen LogP) is 4.74. The number of hydrogen-bond acceptors (Lipinski definition) is 1. The van der Waals surface area contributed by atoms with Gasteiger partial charge in [0.1, 0.15) is 5.69 Å². The molecule has 1 heterocycles. The van der Waals surface area contributed by atoms with E-state index in [0.29, 0.717) is 10.0 Å². The summed E-state index contributed by atoms with van der Waals surface area (Å²) in [5, 5.41) is 10.1. The van der Waals surface area contributed by atoms with Crippen LogP contribution in [0.5, 0.6) is 0 Å². The van der Waals surface area contributed by atoms with Gasteiger partial charge in [-0.1, -0.05) is 35.3 Å². The Balaban J connectivity index is 2.69. The van der Waals surface area contributed by atoms with Crippen molar-refractivity contribution in [1.29, 1.82) is 0 Å². The summed E-state index contributed by atoms with van der Waals surface area (Å²) < 4.78 is 1.74. The average Bonchev–Trinajstić information content (AvgIpc) is 2.77. The quantitative estimate of drug-likeness (QED) is 0.889. The Hall–Kier alpha value is -1.45. The molecule has 0 unspecified atom stereocenters. The van der Waals surface area contributed by atoms with E-state index in [9.17, 15) is 9.90 Å². The number of aromatic carboxylic acids is 1. The number of benzene rings is 1. The number of carboxylic acid groups (broad SMARTS) is 1. The minimum Gasteiger partial charge on any atom is -0.477 e. The largest absolute Gasteiger partial charge is 0.477 e. The second-order valence-corrected chi connectivity index (χ2v) is 5.26. The summed E-state index contributed by atoms with van der Waals surface area (Å²) in [5.74, 6) is -0.960. The molecule has 100 valence electrons. The first-order chi connectivity index (χ1) is 8.93. The summed E-state index contributed by atoms with van der Waals surface area (Å²) in [7, 11) is 0. The highest BCUT2D eigenvalue weighted by Crippen LogP contribution is 2.35. The van der Waals surface area contributed by atoms with E-state index in [1.165, 1.54) is 0 Å². The molecule has 0 atom stereocenters. The summed E-state index contributed by atoms with van der Waals surface area (Å²) in [5.41, 5.74) is 1.72. The fourth-order valence-electron chi connectivity index (χ4n) is 2.10. The van der Waals surface area contributed by atoms with Crippen LogP contribution in [-0.4, -0.2) is 15.6 Å². The van der Waals surface area contributed by atoms with Crippen LogP contribution in [-0.2, 0) is 0 Å². The molecule has 2 rings (SSSR count). The van der Waals surface area contributed by atoms with Crippen LogP contribution in [0.2, 0.25) is 10.0 Å². The number of nitrogens with zero attached hydrogens (tertiary/aromatic N) is 1. The fourth-order valence-corrected chi connectivity index (χ4v) is 2.50. The highest BCUT2D eigenvalue weighted by Gasteiger charge is 2.19. The molecule has 1 aromatic carbocycles. The van der Waals surface area contributed by atoms with E-state index in [2.05, 4.69) is 0 Å². The number of carboxylic acids is 1. The van der Waals surface area contributed by atoms with E-state index in [-0.39, 0.29) is 11.7 Å². The SMILES string of the molecule is CC(C)n1c(C(=O)O)ccc1-c1cccc(Cl)c1Cl. The van der Waals surface area contributed by atoms with E-state index >= 15 is 0 Å². The van der Waals surface area contributed by atoms with Gasteiger partial charge < -0.3 is 9.67 Å². The maximum atomic E-state index is 11.2. The molecule has 0 bridgehead atoms. The molecule has 0 fully saturated rings. The summed E-state index contributed by atoms with van der Waals surface area (Å²) >= 11 is 12.2. The summed E-state index contributed by atoms with van der Waals surface area (Å²) in [6.07, 6.45) is 0. The zero-order chi connectivity index (χ0) is 14.2. The van der Waals surface area contributed by atoms with Crippen molar-refractivity contribution in [2.45, 2.75) is 19.9 Å². The molecule has 5 heteroatoms. The molecule has 2 aromatic rings. The van der Waals surface area contributed by atoms with Crippen molar-refractivity contribution < 1.29 is 9.90 Å². The molecule has 0 saturated carbocycles. The Labute approximate surface area is 121 Å². The molecule has 0 aliphatic heterocycles. The van der Waals surface area contributed by atoms with Crippen molar-refractivity contribution in [1.82, 2.24) is 4.57 Å². The van der Waals surface area contributed by atoms with Crippen LogP contribution in [0.1, 0.15) is 30.4 Å². The number of halogens is 2. The molecule has 3 nitrogen and oxygen atoms in total. The Kier molecular flexibility index (Phi) is 3.88. The normalized spacial score (nSPS) is 11.0. The van der Waals surface area contributed by atoms with Crippen LogP contribution in [0.15, 0.2) is 30.3 Å². The average molecular weight is 298 g/mol. The minimum atomic E-state index is -0.960. The lowest BCUT2D eigenvalue weighted by Crippen LogP contribution is -2.11. The molecule has 0 amide bonds. The van der Waals surface area contributed by atoms with Gasteiger partial charge in [0, 0.05) is 11.6 Å². The van der Waals surface area contributed by atoms with Crippen LogP contribution in [0.3, 0.4) is 0 Å². The van der Waals surface area contributed by atoms with Gasteiger partial charge in [-0.3, -0.25) is 0 Å². The van der Waals surface area contributed by atoms with Gasteiger partial charge in [0.15, 0.2) is 0 Å². The molecule has 19 heavy (non-hydrogen) atoms. The highest BCUT2D eigenvalue weighted by molar-refractivity contribution is 6.43. The zero-order valence-electron chi connectivity index (χ0n) is 10.5. The lowest BCUT2D eigenvalue weighted by Gasteiger charge is -2.16. The second-order valence-electron chi connectivity index (χ2n) is 4.47. The number of aromatic nitrogens is 1. The lowest BCUT2D eigenvalue weighted by molar-refractivity contribution is 0.0683. The maximum Gasteiger partial charge on any atom is 0.352 e. The van der Waals surface area contributed by atoms with Crippen LogP contribution < -0.4 is 0 Å². The lowest BCUT2D eigenvalue weighted by atomic mass is 10.1. The van der Waals surface area contributed by atoms with Crippen molar-refractivity contribution in [3.63, 3.8) is 0 Å². The molecule has 0 saturated heterocycles. The standard InChI is InChI=1S/C14H13Cl2NO2/c1-8(2)17-11(6-7-12(17)14(18)19)9-4-3-5-10(15)13(9)16/h3-8H,1-2H3,(H,18,19). The summed E-state index contributed by atoms with van der Waals surface area (Å²) in [6, 6.07) is 8.66. The first kappa shape index (κ1) is 14.0. The van der Waals surface area contributed by atoms with Gasteiger partial charge in [-0.15, -0.1) is 0 Å². The Bertz CT molecular complexity index is 632. The molecule has 0 radical (unpaired) electrons. The van der Waals surface area contributed by atoms with Crippen LogP contribution in [0, 0.1) is 0 Å².